The molecule has 2 saturated heterocycles. The van der Waals surface area contributed by atoms with Crippen LogP contribution in [0.1, 0.15) is 38.7 Å². The molecule has 2 fully saturated rings. The van der Waals surface area contributed by atoms with E-state index in [1.165, 1.54) is 5.56 Å². The van der Waals surface area contributed by atoms with Crippen LogP contribution in [0.25, 0.3) is 0 Å². The van der Waals surface area contributed by atoms with E-state index in [9.17, 15) is 9.59 Å². The fraction of sp³-hybridized carbons (Fsp3) is 0.619. The van der Waals surface area contributed by atoms with Crippen LogP contribution in [0.4, 0.5) is 0 Å². The zero-order chi connectivity index (χ0) is 18.7. The molecule has 2 heterocycles. The molecule has 142 valence electrons. The highest BCUT2D eigenvalue weighted by atomic mass is 16.5. The van der Waals surface area contributed by atoms with Gasteiger partial charge in [-0.2, -0.15) is 0 Å². The molecule has 0 aromatic heterocycles. The van der Waals surface area contributed by atoms with Crippen LogP contribution in [0.15, 0.2) is 30.3 Å². The minimum absolute atomic E-state index is 0.105. The van der Waals surface area contributed by atoms with Gasteiger partial charge in [0.2, 0.25) is 5.91 Å². The minimum atomic E-state index is -0.303. The molecule has 0 N–H and O–H groups in total. The molecule has 2 aliphatic heterocycles. The first-order chi connectivity index (χ1) is 12.5. The molecule has 26 heavy (non-hydrogen) atoms. The lowest BCUT2D eigenvalue weighted by molar-refractivity contribution is -0.182. The molecule has 2 aliphatic rings. The first kappa shape index (κ1) is 18.9. The van der Waals surface area contributed by atoms with E-state index in [-0.39, 0.29) is 30.0 Å². The summed E-state index contributed by atoms with van der Waals surface area (Å²) in [4.78, 5) is 28.7. The Bertz CT molecular complexity index is 623. The lowest BCUT2D eigenvalue weighted by atomic mass is 9.79. The second kappa shape index (κ2) is 8.21. The van der Waals surface area contributed by atoms with Crippen molar-refractivity contribution in [2.75, 3.05) is 20.2 Å². The van der Waals surface area contributed by atoms with Gasteiger partial charge in [-0.1, -0.05) is 30.3 Å². The van der Waals surface area contributed by atoms with E-state index in [0.717, 1.165) is 32.4 Å². The molecule has 0 radical (unpaired) electrons. The van der Waals surface area contributed by atoms with Crippen molar-refractivity contribution in [2.24, 2.45) is 5.92 Å². The number of benzene rings is 1. The van der Waals surface area contributed by atoms with Gasteiger partial charge in [0.05, 0.1) is 6.04 Å². The molecule has 5 nitrogen and oxygen atoms in total. The molecule has 2 atom stereocenters. The smallest absolute Gasteiger partial charge is 0.254 e. The maximum atomic E-state index is 12.5. The Hall–Kier alpha value is -1.88. The van der Waals surface area contributed by atoms with Crippen LogP contribution in [0.2, 0.25) is 0 Å². The number of amides is 2. The van der Waals surface area contributed by atoms with Gasteiger partial charge in [0, 0.05) is 32.7 Å². The van der Waals surface area contributed by atoms with Gasteiger partial charge in [0.15, 0.2) is 6.10 Å². The number of nitrogens with zero attached hydrogens (tertiary/aromatic N) is 2. The van der Waals surface area contributed by atoms with Crippen molar-refractivity contribution in [3.05, 3.63) is 35.9 Å². The van der Waals surface area contributed by atoms with E-state index in [1.807, 2.05) is 28.0 Å². The molecule has 1 aromatic rings. The molecule has 0 saturated carbocycles. The summed E-state index contributed by atoms with van der Waals surface area (Å²) in [5, 5.41) is 0. The minimum Gasteiger partial charge on any atom is -0.369 e. The summed E-state index contributed by atoms with van der Waals surface area (Å²) < 4.78 is 5.43. The molecule has 0 spiro atoms. The van der Waals surface area contributed by atoms with E-state index in [2.05, 4.69) is 26.0 Å². The van der Waals surface area contributed by atoms with E-state index in [1.54, 1.807) is 7.11 Å². The first-order valence-corrected chi connectivity index (χ1v) is 9.69. The summed E-state index contributed by atoms with van der Waals surface area (Å²) in [7, 11) is 1.62. The van der Waals surface area contributed by atoms with Gasteiger partial charge in [-0.15, -0.1) is 0 Å². The van der Waals surface area contributed by atoms with Crippen molar-refractivity contribution in [1.82, 2.24) is 9.80 Å². The predicted octanol–water partition coefficient (Wildman–Crippen LogP) is 2.49. The number of carbonyl (C=O) groups is 2. The Morgan fingerprint density at radius 3 is 2.42 bits per heavy atom. The van der Waals surface area contributed by atoms with Gasteiger partial charge in [-0.25, -0.2) is 0 Å². The third kappa shape index (κ3) is 3.78. The van der Waals surface area contributed by atoms with Crippen molar-refractivity contribution in [2.45, 2.75) is 57.7 Å². The third-order valence-electron chi connectivity index (χ3n) is 5.79. The van der Waals surface area contributed by atoms with Gasteiger partial charge >= 0.3 is 0 Å². The second-order valence-corrected chi connectivity index (χ2v) is 7.69. The van der Waals surface area contributed by atoms with Crippen molar-refractivity contribution < 1.29 is 14.3 Å². The normalized spacial score (nSPS) is 24.1. The van der Waals surface area contributed by atoms with Crippen molar-refractivity contribution in [3.63, 3.8) is 0 Å². The SMILES string of the molecule is COC1C(=O)N(C(C)C)C1C1CCN(C(=O)CCc2ccccc2)CC1. The van der Waals surface area contributed by atoms with Crippen molar-refractivity contribution >= 4 is 11.8 Å². The molecule has 2 amide bonds. The molecule has 0 aliphatic carbocycles. The summed E-state index contributed by atoms with van der Waals surface area (Å²) in [6, 6.07) is 10.5. The molecule has 2 unspecified atom stereocenters. The van der Waals surface area contributed by atoms with E-state index < -0.39 is 0 Å². The van der Waals surface area contributed by atoms with Crippen LogP contribution in [0.3, 0.4) is 0 Å². The van der Waals surface area contributed by atoms with Crippen molar-refractivity contribution in [3.8, 4) is 0 Å². The highest BCUT2D eigenvalue weighted by molar-refractivity contribution is 5.88. The Labute approximate surface area is 156 Å². The third-order valence-corrected chi connectivity index (χ3v) is 5.79. The summed E-state index contributed by atoms with van der Waals surface area (Å²) in [6.45, 7) is 5.68. The largest absolute Gasteiger partial charge is 0.369 e. The average molecular weight is 358 g/mol. The maximum Gasteiger partial charge on any atom is 0.254 e. The molecule has 1 aromatic carbocycles. The number of likely N-dealkylation sites (tertiary alicyclic amines) is 2. The summed E-state index contributed by atoms with van der Waals surface area (Å²) in [5.74, 6) is 0.757. The number of aryl methyl sites for hydroxylation is 1. The number of hydrogen-bond acceptors (Lipinski definition) is 3. The zero-order valence-electron chi connectivity index (χ0n) is 16.1. The molecule has 0 bridgehead atoms. The number of methoxy groups -OCH3 is 1. The Morgan fingerprint density at radius 2 is 1.85 bits per heavy atom. The van der Waals surface area contributed by atoms with Crippen LogP contribution in [-0.4, -0.2) is 60.0 Å². The van der Waals surface area contributed by atoms with E-state index in [4.69, 9.17) is 4.74 Å². The Morgan fingerprint density at radius 1 is 1.19 bits per heavy atom. The van der Waals surface area contributed by atoms with E-state index in [0.29, 0.717) is 12.3 Å². The van der Waals surface area contributed by atoms with Crippen molar-refractivity contribution in [1.29, 1.82) is 0 Å². The number of β-lactam (4-membered cyclic amide) rings is 1. The lowest BCUT2D eigenvalue weighted by Gasteiger charge is -2.53. The molecule has 5 heteroatoms. The Kier molecular flexibility index (Phi) is 5.97. The predicted molar refractivity (Wildman–Crippen MR) is 101 cm³/mol. The maximum absolute atomic E-state index is 12.5. The second-order valence-electron chi connectivity index (χ2n) is 7.69. The molecular weight excluding hydrogens is 328 g/mol. The number of rotatable bonds is 6. The van der Waals surface area contributed by atoms with Crippen LogP contribution in [0.5, 0.6) is 0 Å². The monoisotopic (exact) mass is 358 g/mol. The quantitative estimate of drug-likeness (QED) is 0.734. The Balaban J connectivity index is 1.50. The topological polar surface area (TPSA) is 49.9 Å². The fourth-order valence-electron chi connectivity index (χ4n) is 4.36. The summed E-state index contributed by atoms with van der Waals surface area (Å²) in [5.41, 5.74) is 1.21. The van der Waals surface area contributed by atoms with Crippen LogP contribution >= 0.6 is 0 Å². The van der Waals surface area contributed by atoms with Gasteiger partial charge in [0.25, 0.3) is 5.91 Å². The highest BCUT2D eigenvalue weighted by Gasteiger charge is 2.52. The molecular formula is C21H30N2O3. The fourth-order valence-corrected chi connectivity index (χ4v) is 4.36. The lowest BCUT2D eigenvalue weighted by Crippen LogP contribution is -2.70. The van der Waals surface area contributed by atoms with Crippen LogP contribution in [-0.2, 0) is 20.7 Å². The van der Waals surface area contributed by atoms with Gasteiger partial charge in [0.1, 0.15) is 0 Å². The number of carbonyl (C=O) groups excluding carboxylic acids is 2. The number of ether oxygens (including phenoxy) is 1. The van der Waals surface area contributed by atoms with Gasteiger partial charge < -0.3 is 14.5 Å². The summed E-state index contributed by atoms with van der Waals surface area (Å²) >= 11 is 0. The molecule has 3 rings (SSSR count). The highest BCUT2D eigenvalue weighted by Crippen LogP contribution is 2.36. The van der Waals surface area contributed by atoms with Gasteiger partial charge in [-0.05, 0) is 44.6 Å². The van der Waals surface area contributed by atoms with Gasteiger partial charge in [-0.3, -0.25) is 9.59 Å². The average Bonchev–Trinajstić information content (AvgIpc) is 2.65. The first-order valence-electron chi connectivity index (χ1n) is 9.69. The zero-order valence-corrected chi connectivity index (χ0v) is 16.1. The number of piperidine rings is 1. The van der Waals surface area contributed by atoms with Crippen LogP contribution in [0, 0.1) is 5.92 Å². The van der Waals surface area contributed by atoms with Crippen LogP contribution < -0.4 is 0 Å². The summed E-state index contributed by atoms with van der Waals surface area (Å²) in [6.07, 6.45) is 2.94. The number of hydrogen-bond donors (Lipinski definition) is 0. The van der Waals surface area contributed by atoms with E-state index >= 15 is 0 Å². The standard InChI is InChI=1S/C21H30N2O3/c1-15(2)23-19(20(26-3)21(23)25)17-11-13-22(14-12-17)18(24)10-9-16-7-5-4-6-8-16/h4-8,15,17,19-20H,9-14H2,1-3H3.